The molecular formula is C11H17NO5S2. The van der Waals surface area contributed by atoms with E-state index in [1.807, 2.05) is 0 Å². The summed E-state index contributed by atoms with van der Waals surface area (Å²) in [6, 6.07) is 1.24. The quantitative estimate of drug-likeness (QED) is 0.704. The molecule has 0 amide bonds. The molecule has 3 N–H and O–H groups in total. The third-order valence-electron chi connectivity index (χ3n) is 3.02. The molecule has 0 aliphatic heterocycles. The number of carboxylic acids is 1. The van der Waals surface area contributed by atoms with E-state index in [0.29, 0.717) is 12.8 Å². The van der Waals surface area contributed by atoms with Gasteiger partial charge in [-0.15, -0.1) is 11.3 Å². The molecule has 0 aliphatic carbocycles. The maximum absolute atomic E-state index is 12.0. The van der Waals surface area contributed by atoms with Gasteiger partial charge in [0, 0.05) is 6.54 Å². The normalized spacial score (nSPS) is 12.6. The lowest BCUT2D eigenvalue weighted by Crippen LogP contribution is -2.42. The molecule has 0 fully saturated rings. The van der Waals surface area contributed by atoms with Gasteiger partial charge in [-0.05, 0) is 24.3 Å². The Morgan fingerprint density at radius 3 is 2.47 bits per heavy atom. The lowest BCUT2D eigenvalue weighted by atomic mass is 9.98. The van der Waals surface area contributed by atoms with Crippen molar-refractivity contribution in [2.75, 3.05) is 6.54 Å². The van der Waals surface area contributed by atoms with Gasteiger partial charge < -0.3 is 10.2 Å². The summed E-state index contributed by atoms with van der Waals surface area (Å²) in [4.78, 5) is 10.4. The summed E-state index contributed by atoms with van der Waals surface area (Å²) in [5, 5.41) is 20.3. The highest BCUT2D eigenvalue weighted by Crippen LogP contribution is 2.22. The van der Waals surface area contributed by atoms with Crippen molar-refractivity contribution >= 4 is 27.3 Å². The molecule has 1 rings (SSSR count). The van der Waals surface area contributed by atoms with Crippen LogP contribution in [0.4, 0.5) is 0 Å². The number of sulfonamides is 1. The number of hydrogen-bond donors (Lipinski definition) is 3. The predicted molar refractivity (Wildman–Crippen MR) is 72.0 cm³/mol. The first-order chi connectivity index (χ1) is 8.75. The number of carboxylic acid groups (broad SMARTS) is 1. The average Bonchev–Trinajstić information content (AvgIpc) is 2.86. The van der Waals surface area contributed by atoms with Gasteiger partial charge in [0.15, 0.2) is 0 Å². The van der Waals surface area contributed by atoms with Gasteiger partial charge in [-0.3, -0.25) is 0 Å². The van der Waals surface area contributed by atoms with Crippen LogP contribution in [0.5, 0.6) is 0 Å². The molecule has 108 valence electrons. The zero-order chi connectivity index (χ0) is 14.7. The van der Waals surface area contributed by atoms with E-state index in [-0.39, 0.29) is 16.3 Å². The Balaban J connectivity index is 2.94. The highest BCUT2D eigenvalue weighted by atomic mass is 32.2. The number of nitrogens with one attached hydrogen (secondary N) is 1. The lowest BCUT2D eigenvalue weighted by molar-refractivity contribution is 0.0377. The first kappa shape index (κ1) is 16.1. The molecule has 1 aromatic heterocycles. The van der Waals surface area contributed by atoms with E-state index in [9.17, 15) is 18.3 Å². The van der Waals surface area contributed by atoms with Gasteiger partial charge in [0.05, 0.1) is 5.60 Å². The summed E-state index contributed by atoms with van der Waals surface area (Å²) < 4.78 is 26.3. The Morgan fingerprint density at radius 1 is 1.42 bits per heavy atom. The largest absolute Gasteiger partial charge is 0.477 e. The summed E-state index contributed by atoms with van der Waals surface area (Å²) in [6.07, 6.45) is 0.808. The molecule has 0 radical (unpaired) electrons. The van der Waals surface area contributed by atoms with Crippen LogP contribution in [-0.2, 0) is 10.0 Å². The standard InChI is InChI=1S/C11H17NO5S2/c1-3-11(15,4-2)7-12-19(16,17)8-5-6-18-9(8)10(13)14/h5-6,12,15H,3-4,7H2,1-2H3,(H,13,14). The number of aromatic carboxylic acids is 1. The van der Waals surface area contributed by atoms with Crippen molar-refractivity contribution in [1.29, 1.82) is 0 Å². The van der Waals surface area contributed by atoms with Crippen LogP contribution in [-0.4, -0.2) is 36.7 Å². The molecule has 8 heteroatoms. The molecule has 0 saturated carbocycles. The Labute approximate surface area is 116 Å². The van der Waals surface area contributed by atoms with Crippen molar-refractivity contribution in [3.05, 3.63) is 16.3 Å². The minimum absolute atomic E-state index is 0.142. The average molecular weight is 307 g/mol. The van der Waals surface area contributed by atoms with E-state index in [4.69, 9.17) is 5.11 Å². The van der Waals surface area contributed by atoms with Gasteiger partial charge in [-0.1, -0.05) is 13.8 Å². The van der Waals surface area contributed by atoms with Crippen molar-refractivity contribution in [2.24, 2.45) is 0 Å². The smallest absolute Gasteiger partial charge is 0.347 e. The second-order valence-electron chi connectivity index (χ2n) is 4.18. The SMILES string of the molecule is CCC(O)(CC)CNS(=O)(=O)c1ccsc1C(=O)O. The summed E-state index contributed by atoms with van der Waals surface area (Å²) >= 11 is 0.848. The van der Waals surface area contributed by atoms with E-state index in [2.05, 4.69) is 4.72 Å². The summed E-state index contributed by atoms with van der Waals surface area (Å²) in [5.74, 6) is -1.28. The molecule has 0 aromatic carbocycles. The second kappa shape index (κ2) is 6.00. The monoisotopic (exact) mass is 307 g/mol. The lowest BCUT2D eigenvalue weighted by Gasteiger charge is -2.25. The van der Waals surface area contributed by atoms with Gasteiger partial charge in [-0.25, -0.2) is 17.9 Å². The molecule has 0 unspecified atom stereocenters. The number of hydrogen-bond acceptors (Lipinski definition) is 5. The van der Waals surface area contributed by atoms with E-state index in [1.54, 1.807) is 13.8 Å². The molecule has 0 atom stereocenters. The van der Waals surface area contributed by atoms with Crippen molar-refractivity contribution in [2.45, 2.75) is 37.2 Å². The fraction of sp³-hybridized carbons (Fsp3) is 0.545. The highest BCUT2D eigenvalue weighted by Gasteiger charge is 2.28. The zero-order valence-corrected chi connectivity index (χ0v) is 12.3. The molecular weight excluding hydrogens is 290 g/mol. The van der Waals surface area contributed by atoms with E-state index in [0.717, 1.165) is 11.3 Å². The first-order valence-corrected chi connectivity index (χ1v) is 8.15. The fourth-order valence-electron chi connectivity index (χ4n) is 1.47. The Morgan fingerprint density at radius 2 is 2.00 bits per heavy atom. The number of carbonyl (C=O) groups is 1. The van der Waals surface area contributed by atoms with Crippen LogP contribution in [0.15, 0.2) is 16.3 Å². The van der Waals surface area contributed by atoms with Gasteiger partial charge in [0.25, 0.3) is 0 Å². The zero-order valence-electron chi connectivity index (χ0n) is 10.7. The third-order valence-corrected chi connectivity index (χ3v) is 5.50. The van der Waals surface area contributed by atoms with E-state index in [1.165, 1.54) is 11.4 Å². The highest BCUT2D eigenvalue weighted by molar-refractivity contribution is 7.89. The van der Waals surface area contributed by atoms with Crippen molar-refractivity contribution < 1.29 is 23.4 Å². The van der Waals surface area contributed by atoms with E-state index >= 15 is 0 Å². The van der Waals surface area contributed by atoms with Crippen LogP contribution >= 0.6 is 11.3 Å². The topological polar surface area (TPSA) is 104 Å². The molecule has 1 aromatic rings. The van der Waals surface area contributed by atoms with Crippen molar-refractivity contribution in [1.82, 2.24) is 4.72 Å². The van der Waals surface area contributed by atoms with Crippen molar-refractivity contribution in [3.8, 4) is 0 Å². The Kier molecular flexibility index (Phi) is 5.08. The second-order valence-corrected chi connectivity index (χ2v) is 6.83. The summed E-state index contributed by atoms with van der Waals surface area (Å²) in [7, 11) is -3.93. The maximum Gasteiger partial charge on any atom is 0.347 e. The van der Waals surface area contributed by atoms with Crippen LogP contribution in [0.25, 0.3) is 0 Å². The predicted octanol–water partition coefficient (Wildman–Crippen LogP) is 1.28. The van der Waals surface area contributed by atoms with Gasteiger partial charge in [0.1, 0.15) is 9.77 Å². The van der Waals surface area contributed by atoms with Crippen molar-refractivity contribution in [3.63, 3.8) is 0 Å². The summed E-state index contributed by atoms with van der Waals surface area (Å²) in [5.41, 5.74) is -1.12. The number of rotatable bonds is 7. The van der Waals surface area contributed by atoms with Crippen LogP contribution in [0.2, 0.25) is 0 Å². The van der Waals surface area contributed by atoms with Crippen LogP contribution in [0, 0.1) is 0 Å². The van der Waals surface area contributed by atoms with Gasteiger partial charge >= 0.3 is 5.97 Å². The van der Waals surface area contributed by atoms with Gasteiger partial charge in [0.2, 0.25) is 10.0 Å². The molecule has 0 spiro atoms. The molecule has 0 aliphatic rings. The third kappa shape index (κ3) is 3.75. The van der Waals surface area contributed by atoms with Gasteiger partial charge in [-0.2, -0.15) is 0 Å². The van der Waals surface area contributed by atoms with Crippen LogP contribution in [0.1, 0.15) is 36.4 Å². The maximum atomic E-state index is 12.0. The fourth-order valence-corrected chi connectivity index (χ4v) is 3.85. The number of aliphatic hydroxyl groups is 1. The van der Waals surface area contributed by atoms with Crippen LogP contribution < -0.4 is 4.72 Å². The summed E-state index contributed by atoms with van der Waals surface area (Å²) in [6.45, 7) is 3.37. The minimum atomic E-state index is -3.93. The Bertz CT molecular complexity index is 545. The molecule has 0 saturated heterocycles. The number of thiophene rings is 1. The Hall–Kier alpha value is -0.960. The molecule has 19 heavy (non-hydrogen) atoms. The van der Waals surface area contributed by atoms with Crippen LogP contribution in [0.3, 0.4) is 0 Å². The minimum Gasteiger partial charge on any atom is -0.477 e. The first-order valence-electron chi connectivity index (χ1n) is 5.78. The molecule has 6 nitrogen and oxygen atoms in total. The van der Waals surface area contributed by atoms with E-state index < -0.39 is 21.6 Å². The molecule has 0 bridgehead atoms. The molecule has 1 heterocycles.